The Kier molecular flexibility index (Phi) is 6.12. The first-order chi connectivity index (χ1) is 10.9. The normalized spacial score (nSPS) is 24.7. The van der Waals surface area contributed by atoms with Crippen LogP contribution in [0.3, 0.4) is 0 Å². The highest BCUT2D eigenvalue weighted by atomic mass is 16.5. The molecule has 23 heavy (non-hydrogen) atoms. The van der Waals surface area contributed by atoms with Crippen LogP contribution in [0.5, 0.6) is 0 Å². The van der Waals surface area contributed by atoms with Crippen LogP contribution in [-0.4, -0.2) is 80.5 Å². The second kappa shape index (κ2) is 7.88. The number of nitrogens with zero attached hydrogens (tertiary/aromatic N) is 2. The number of aliphatic hydroxyl groups excluding tert-OH is 1. The Balaban J connectivity index is 1.99. The predicted octanol–water partition coefficient (Wildman–Crippen LogP) is 0.595. The highest BCUT2D eigenvalue weighted by molar-refractivity contribution is 5.93. The molecule has 0 saturated carbocycles. The van der Waals surface area contributed by atoms with E-state index in [9.17, 15) is 9.90 Å². The zero-order valence-electron chi connectivity index (χ0n) is 14.2. The third kappa shape index (κ3) is 4.29. The van der Waals surface area contributed by atoms with Crippen molar-refractivity contribution < 1.29 is 19.4 Å². The SMILES string of the molecule is CO[C@@H]1COC[C@@H](N(C)Cc2ccc(C(=O)N(C)C)cc2)[C@@H]1O. The fraction of sp³-hybridized carbons (Fsp3) is 0.588. The van der Waals surface area contributed by atoms with Crippen molar-refractivity contribution in [3.8, 4) is 0 Å². The van der Waals surface area contributed by atoms with Crippen LogP contribution < -0.4 is 0 Å². The van der Waals surface area contributed by atoms with E-state index in [1.807, 2.05) is 31.3 Å². The molecule has 1 aromatic carbocycles. The van der Waals surface area contributed by atoms with Gasteiger partial charge in [-0.25, -0.2) is 0 Å². The Labute approximate surface area is 137 Å². The maximum Gasteiger partial charge on any atom is 0.253 e. The molecule has 0 spiro atoms. The van der Waals surface area contributed by atoms with Gasteiger partial charge in [-0.2, -0.15) is 0 Å². The smallest absolute Gasteiger partial charge is 0.253 e. The van der Waals surface area contributed by atoms with Crippen LogP contribution in [0, 0.1) is 0 Å². The molecule has 0 radical (unpaired) electrons. The number of carbonyl (C=O) groups is 1. The Morgan fingerprint density at radius 1 is 1.26 bits per heavy atom. The highest BCUT2D eigenvalue weighted by Crippen LogP contribution is 2.18. The number of amides is 1. The molecule has 1 fully saturated rings. The number of hydrogen-bond donors (Lipinski definition) is 1. The van der Waals surface area contributed by atoms with E-state index in [1.165, 1.54) is 0 Å². The molecule has 1 N–H and O–H groups in total. The second-order valence-electron chi connectivity index (χ2n) is 6.18. The fourth-order valence-electron chi connectivity index (χ4n) is 2.76. The quantitative estimate of drug-likeness (QED) is 0.860. The molecule has 0 aliphatic carbocycles. The van der Waals surface area contributed by atoms with Gasteiger partial charge < -0.3 is 19.5 Å². The second-order valence-corrected chi connectivity index (χ2v) is 6.18. The zero-order valence-corrected chi connectivity index (χ0v) is 14.2. The molecule has 3 atom stereocenters. The van der Waals surface area contributed by atoms with Crippen LogP contribution >= 0.6 is 0 Å². The first kappa shape index (κ1) is 17.9. The standard InChI is InChI=1S/C17H26N2O4/c1-18(2)17(21)13-7-5-12(6-8-13)9-19(3)14-10-23-11-15(22-4)16(14)20/h5-8,14-16,20H,9-11H2,1-4H3/t14-,15-,16+/m1/s1. The lowest BCUT2D eigenvalue weighted by Gasteiger charge is -2.39. The Hall–Kier alpha value is -1.47. The minimum Gasteiger partial charge on any atom is -0.389 e. The summed E-state index contributed by atoms with van der Waals surface area (Å²) in [5.74, 6) is -0.0102. The summed E-state index contributed by atoms with van der Waals surface area (Å²) in [7, 11) is 7.01. The van der Waals surface area contributed by atoms with E-state index in [1.54, 1.807) is 26.1 Å². The lowest BCUT2D eigenvalue weighted by Crippen LogP contribution is -2.55. The minimum atomic E-state index is -0.576. The third-order valence-corrected chi connectivity index (χ3v) is 4.25. The van der Waals surface area contributed by atoms with Gasteiger partial charge in [-0.3, -0.25) is 9.69 Å². The fourth-order valence-corrected chi connectivity index (χ4v) is 2.76. The maximum atomic E-state index is 11.9. The molecule has 1 aromatic rings. The molecule has 6 nitrogen and oxygen atoms in total. The molecule has 1 heterocycles. The number of hydrogen-bond acceptors (Lipinski definition) is 5. The summed E-state index contributed by atoms with van der Waals surface area (Å²) in [4.78, 5) is 15.5. The summed E-state index contributed by atoms with van der Waals surface area (Å²) in [5, 5.41) is 10.4. The molecule has 1 saturated heterocycles. The number of ether oxygens (including phenoxy) is 2. The van der Waals surface area contributed by atoms with Gasteiger partial charge in [0, 0.05) is 33.3 Å². The summed E-state index contributed by atoms with van der Waals surface area (Å²) in [6.45, 7) is 1.57. The lowest BCUT2D eigenvalue weighted by atomic mass is 10.0. The van der Waals surface area contributed by atoms with Crippen molar-refractivity contribution in [2.24, 2.45) is 0 Å². The Morgan fingerprint density at radius 3 is 2.48 bits per heavy atom. The highest BCUT2D eigenvalue weighted by Gasteiger charge is 2.35. The van der Waals surface area contributed by atoms with E-state index < -0.39 is 6.10 Å². The molecule has 1 aliphatic heterocycles. The van der Waals surface area contributed by atoms with Gasteiger partial charge in [-0.05, 0) is 24.7 Å². The predicted molar refractivity (Wildman–Crippen MR) is 87.3 cm³/mol. The zero-order chi connectivity index (χ0) is 17.0. The third-order valence-electron chi connectivity index (χ3n) is 4.25. The van der Waals surface area contributed by atoms with Gasteiger partial charge in [0.2, 0.25) is 0 Å². The van der Waals surface area contributed by atoms with Gasteiger partial charge in [-0.1, -0.05) is 12.1 Å². The lowest BCUT2D eigenvalue weighted by molar-refractivity contribution is -0.142. The number of likely N-dealkylation sites (N-methyl/N-ethyl adjacent to an activating group) is 1. The molecular formula is C17H26N2O4. The van der Waals surface area contributed by atoms with Crippen LogP contribution in [0.2, 0.25) is 0 Å². The van der Waals surface area contributed by atoms with Gasteiger partial charge in [0.05, 0.1) is 19.3 Å². The Morgan fingerprint density at radius 2 is 1.91 bits per heavy atom. The molecule has 1 aliphatic rings. The van der Waals surface area contributed by atoms with Gasteiger partial charge >= 0.3 is 0 Å². The van der Waals surface area contributed by atoms with Crippen LogP contribution in [0.4, 0.5) is 0 Å². The Bertz CT molecular complexity index is 518. The van der Waals surface area contributed by atoms with Crippen molar-refractivity contribution in [3.63, 3.8) is 0 Å². The summed E-state index contributed by atoms with van der Waals surface area (Å²) in [6, 6.07) is 7.43. The van der Waals surface area contributed by atoms with Crippen molar-refractivity contribution >= 4 is 5.91 Å². The first-order valence-electron chi connectivity index (χ1n) is 7.73. The summed E-state index contributed by atoms with van der Waals surface area (Å²) in [5.41, 5.74) is 1.75. The summed E-state index contributed by atoms with van der Waals surface area (Å²) >= 11 is 0. The average Bonchev–Trinajstić information content (AvgIpc) is 2.55. The van der Waals surface area contributed by atoms with E-state index >= 15 is 0 Å². The first-order valence-corrected chi connectivity index (χ1v) is 7.73. The number of benzene rings is 1. The van der Waals surface area contributed by atoms with Crippen molar-refractivity contribution in [2.75, 3.05) is 41.5 Å². The van der Waals surface area contributed by atoms with E-state index in [0.29, 0.717) is 25.3 Å². The van der Waals surface area contributed by atoms with Gasteiger partial charge in [0.15, 0.2) is 0 Å². The molecule has 128 valence electrons. The number of carbonyl (C=O) groups excluding carboxylic acids is 1. The summed E-state index contributed by atoms with van der Waals surface area (Å²) in [6.07, 6.45) is -0.871. The number of methoxy groups -OCH3 is 1. The van der Waals surface area contributed by atoms with Crippen LogP contribution in [0.25, 0.3) is 0 Å². The maximum absolute atomic E-state index is 11.9. The van der Waals surface area contributed by atoms with Gasteiger partial charge in [-0.15, -0.1) is 0 Å². The van der Waals surface area contributed by atoms with Crippen molar-refractivity contribution in [1.29, 1.82) is 0 Å². The molecule has 1 amide bonds. The van der Waals surface area contributed by atoms with Crippen LogP contribution in [0.15, 0.2) is 24.3 Å². The van der Waals surface area contributed by atoms with E-state index in [2.05, 4.69) is 4.90 Å². The van der Waals surface area contributed by atoms with Gasteiger partial charge in [0.1, 0.15) is 12.2 Å². The summed E-state index contributed by atoms with van der Waals surface area (Å²) < 4.78 is 10.8. The van der Waals surface area contributed by atoms with E-state index in [-0.39, 0.29) is 18.1 Å². The largest absolute Gasteiger partial charge is 0.389 e. The van der Waals surface area contributed by atoms with Crippen LogP contribution in [-0.2, 0) is 16.0 Å². The molecule has 0 unspecified atom stereocenters. The van der Waals surface area contributed by atoms with Crippen molar-refractivity contribution in [2.45, 2.75) is 24.8 Å². The van der Waals surface area contributed by atoms with E-state index in [0.717, 1.165) is 5.56 Å². The molecular weight excluding hydrogens is 296 g/mol. The number of rotatable bonds is 5. The molecule has 2 rings (SSSR count). The molecule has 0 aromatic heterocycles. The minimum absolute atomic E-state index is 0.0102. The average molecular weight is 322 g/mol. The topological polar surface area (TPSA) is 62.2 Å². The molecule has 0 bridgehead atoms. The number of aliphatic hydroxyl groups is 1. The monoisotopic (exact) mass is 322 g/mol. The van der Waals surface area contributed by atoms with E-state index in [4.69, 9.17) is 9.47 Å². The van der Waals surface area contributed by atoms with Crippen molar-refractivity contribution in [1.82, 2.24) is 9.80 Å². The van der Waals surface area contributed by atoms with Crippen LogP contribution in [0.1, 0.15) is 15.9 Å². The van der Waals surface area contributed by atoms with Gasteiger partial charge in [0.25, 0.3) is 5.91 Å². The molecule has 6 heteroatoms. The van der Waals surface area contributed by atoms with Crippen molar-refractivity contribution in [3.05, 3.63) is 35.4 Å².